The van der Waals surface area contributed by atoms with E-state index in [4.69, 9.17) is 8.83 Å². The molecular formula is C20H11N3O3. The van der Waals surface area contributed by atoms with Crippen molar-refractivity contribution >= 4 is 21.7 Å². The number of benzene rings is 2. The summed E-state index contributed by atoms with van der Waals surface area (Å²) in [5.41, 5.74) is 0.972. The smallest absolute Gasteiger partial charge is 0.349 e. The summed E-state index contributed by atoms with van der Waals surface area (Å²) in [4.78, 5) is 16.4. The van der Waals surface area contributed by atoms with E-state index in [2.05, 4.69) is 15.2 Å². The Bertz CT molecular complexity index is 1310. The van der Waals surface area contributed by atoms with Crippen LogP contribution in [-0.2, 0) is 0 Å². The lowest BCUT2D eigenvalue weighted by molar-refractivity contribution is 0.547. The highest BCUT2D eigenvalue weighted by molar-refractivity contribution is 6.06. The number of fused-ring (bicyclic) bond motifs is 3. The first kappa shape index (κ1) is 14.5. The van der Waals surface area contributed by atoms with Crippen LogP contribution in [0, 0.1) is 0 Å². The first-order valence-electron chi connectivity index (χ1n) is 7.99. The summed E-state index contributed by atoms with van der Waals surface area (Å²) in [5.74, 6) is 0.445. The maximum atomic E-state index is 12.4. The summed E-state index contributed by atoms with van der Waals surface area (Å²) >= 11 is 0. The molecular weight excluding hydrogens is 330 g/mol. The van der Waals surface area contributed by atoms with Gasteiger partial charge in [-0.1, -0.05) is 30.3 Å². The van der Waals surface area contributed by atoms with Gasteiger partial charge in [0.15, 0.2) is 0 Å². The number of nitrogens with zero attached hydrogens (tertiary/aromatic N) is 3. The summed E-state index contributed by atoms with van der Waals surface area (Å²) < 4.78 is 11.2. The van der Waals surface area contributed by atoms with Crippen LogP contribution < -0.4 is 5.63 Å². The fourth-order valence-corrected chi connectivity index (χ4v) is 2.96. The van der Waals surface area contributed by atoms with Crippen LogP contribution in [0.25, 0.3) is 44.7 Å². The van der Waals surface area contributed by atoms with E-state index in [0.717, 1.165) is 21.7 Å². The number of hydrogen-bond acceptors (Lipinski definition) is 6. The molecule has 2 aromatic carbocycles. The summed E-state index contributed by atoms with van der Waals surface area (Å²) in [6.07, 6.45) is 3.27. The fourth-order valence-electron chi connectivity index (χ4n) is 2.96. The van der Waals surface area contributed by atoms with Gasteiger partial charge < -0.3 is 8.83 Å². The van der Waals surface area contributed by atoms with Crippen LogP contribution >= 0.6 is 0 Å². The highest BCUT2D eigenvalue weighted by Crippen LogP contribution is 2.28. The lowest BCUT2D eigenvalue weighted by Gasteiger charge is -2.03. The number of rotatable bonds is 2. The molecule has 5 aromatic rings. The van der Waals surface area contributed by atoms with Gasteiger partial charge in [-0.05, 0) is 35.0 Å². The third-order valence-electron chi connectivity index (χ3n) is 4.22. The average molecular weight is 341 g/mol. The molecule has 0 fully saturated rings. The zero-order chi connectivity index (χ0) is 17.5. The Kier molecular flexibility index (Phi) is 3.15. The second-order valence-electron chi connectivity index (χ2n) is 5.79. The highest BCUT2D eigenvalue weighted by atomic mass is 16.4. The van der Waals surface area contributed by atoms with Crippen molar-refractivity contribution in [2.75, 3.05) is 0 Å². The summed E-state index contributed by atoms with van der Waals surface area (Å²) in [7, 11) is 0. The van der Waals surface area contributed by atoms with Crippen molar-refractivity contribution < 1.29 is 8.83 Å². The van der Waals surface area contributed by atoms with Crippen LogP contribution in [0.15, 0.2) is 80.6 Å². The van der Waals surface area contributed by atoms with Gasteiger partial charge in [-0.15, -0.1) is 10.2 Å². The van der Waals surface area contributed by atoms with Gasteiger partial charge in [0.05, 0.1) is 0 Å². The van der Waals surface area contributed by atoms with E-state index in [9.17, 15) is 4.79 Å². The molecule has 0 aliphatic carbocycles. The van der Waals surface area contributed by atoms with Crippen molar-refractivity contribution in [1.29, 1.82) is 0 Å². The molecule has 0 unspecified atom stereocenters. The molecule has 0 spiro atoms. The molecule has 6 heteroatoms. The van der Waals surface area contributed by atoms with Crippen LogP contribution in [-0.4, -0.2) is 15.2 Å². The lowest BCUT2D eigenvalue weighted by atomic mass is 10.0. The van der Waals surface area contributed by atoms with Gasteiger partial charge in [0.2, 0.25) is 5.89 Å². The molecule has 0 N–H and O–H groups in total. The van der Waals surface area contributed by atoms with Crippen LogP contribution in [0.1, 0.15) is 0 Å². The lowest BCUT2D eigenvalue weighted by Crippen LogP contribution is -2.03. The van der Waals surface area contributed by atoms with Gasteiger partial charge >= 0.3 is 5.63 Å². The third-order valence-corrected chi connectivity index (χ3v) is 4.22. The van der Waals surface area contributed by atoms with Crippen molar-refractivity contribution in [3.8, 4) is 22.9 Å². The maximum Gasteiger partial charge on any atom is 0.349 e. The minimum Gasteiger partial charge on any atom is -0.422 e. The summed E-state index contributed by atoms with van der Waals surface area (Å²) in [5, 5.41) is 10.9. The molecule has 0 atom stereocenters. The molecule has 3 heterocycles. The molecule has 124 valence electrons. The van der Waals surface area contributed by atoms with Crippen molar-refractivity contribution in [1.82, 2.24) is 15.2 Å². The molecule has 0 aliphatic rings. The normalized spacial score (nSPS) is 11.2. The van der Waals surface area contributed by atoms with Crippen LogP contribution in [0.3, 0.4) is 0 Å². The van der Waals surface area contributed by atoms with Crippen LogP contribution in [0.2, 0.25) is 0 Å². The minimum atomic E-state index is -0.516. The molecule has 0 aliphatic heterocycles. The van der Waals surface area contributed by atoms with Crippen molar-refractivity contribution in [2.24, 2.45) is 0 Å². The topological polar surface area (TPSA) is 82.0 Å². The van der Waals surface area contributed by atoms with Gasteiger partial charge in [0.1, 0.15) is 11.1 Å². The van der Waals surface area contributed by atoms with E-state index in [-0.39, 0.29) is 11.5 Å². The molecule has 0 saturated heterocycles. The molecule has 3 aromatic heterocycles. The molecule has 26 heavy (non-hydrogen) atoms. The van der Waals surface area contributed by atoms with E-state index in [1.807, 2.05) is 30.3 Å². The summed E-state index contributed by atoms with van der Waals surface area (Å²) in [6.45, 7) is 0. The first-order chi connectivity index (χ1) is 12.8. The van der Waals surface area contributed by atoms with Gasteiger partial charge in [-0.25, -0.2) is 4.79 Å². The van der Waals surface area contributed by atoms with E-state index >= 15 is 0 Å². The molecule has 0 radical (unpaired) electrons. The van der Waals surface area contributed by atoms with Crippen molar-refractivity contribution in [2.45, 2.75) is 0 Å². The monoisotopic (exact) mass is 341 g/mol. The third kappa shape index (κ3) is 2.28. The Morgan fingerprint density at radius 3 is 2.46 bits per heavy atom. The number of aromatic nitrogens is 3. The molecule has 0 saturated carbocycles. The SMILES string of the molecule is O=c1oc2ccc3ccccc3c2cc1-c1nnc(-c2ccncc2)o1. The molecule has 0 bridgehead atoms. The predicted molar refractivity (Wildman–Crippen MR) is 96.5 cm³/mol. The maximum absolute atomic E-state index is 12.4. The van der Waals surface area contributed by atoms with E-state index in [0.29, 0.717) is 11.5 Å². The Morgan fingerprint density at radius 1 is 0.769 bits per heavy atom. The van der Waals surface area contributed by atoms with Crippen molar-refractivity contribution in [3.05, 3.63) is 77.4 Å². The van der Waals surface area contributed by atoms with Crippen LogP contribution in [0.4, 0.5) is 0 Å². The zero-order valence-electron chi connectivity index (χ0n) is 13.4. The predicted octanol–water partition coefficient (Wildman–Crippen LogP) is 4.06. The molecule has 6 nitrogen and oxygen atoms in total. The highest BCUT2D eigenvalue weighted by Gasteiger charge is 2.16. The fraction of sp³-hybridized carbons (Fsp3) is 0. The summed E-state index contributed by atoms with van der Waals surface area (Å²) in [6, 6.07) is 16.9. The van der Waals surface area contributed by atoms with Gasteiger partial charge in [0.25, 0.3) is 5.89 Å². The quantitative estimate of drug-likeness (QED) is 0.356. The largest absolute Gasteiger partial charge is 0.422 e. The van der Waals surface area contributed by atoms with E-state index < -0.39 is 5.63 Å². The van der Waals surface area contributed by atoms with E-state index in [1.54, 1.807) is 36.7 Å². The first-order valence-corrected chi connectivity index (χ1v) is 7.99. The Balaban J connectivity index is 1.72. The minimum absolute atomic E-state index is 0.125. The molecule has 0 amide bonds. The van der Waals surface area contributed by atoms with Gasteiger partial charge in [-0.2, -0.15) is 0 Å². The van der Waals surface area contributed by atoms with Gasteiger partial charge in [0, 0.05) is 23.3 Å². The second kappa shape index (κ2) is 5.63. The number of pyridine rings is 1. The zero-order valence-corrected chi connectivity index (χ0v) is 13.4. The second-order valence-corrected chi connectivity index (χ2v) is 5.79. The van der Waals surface area contributed by atoms with E-state index in [1.165, 1.54) is 0 Å². The average Bonchev–Trinajstić information content (AvgIpc) is 3.18. The Labute approximate surface area is 146 Å². The van der Waals surface area contributed by atoms with Crippen molar-refractivity contribution in [3.63, 3.8) is 0 Å². The molecule has 5 rings (SSSR count). The Morgan fingerprint density at radius 2 is 1.58 bits per heavy atom. The van der Waals surface area contributed by atoms with Crippen LogP contribution in [0.5, 0.6) is 0 Å². The Hall–Kier alpha value is -3.80. The standard InChI is InChI=1S/C20H11N3O3/c24-20-16(19-23-22-18(26-19)13-7-9-21-10-8-13)11-15-14-4-2-1-3-12(14)5-6-17(15)25-20/h1-11H. The number of hydrogen-bond donors (Lipinski definition) is 0. The van der Waals surface area contributed by atoms with Gasteiger partial charge in [-0.3, -0.25) is 4.98 Å².